The maximum Gasteiger partial charge on any atom is 0.335 e. The number of hydrogen-bond donors (Lipinski definition) is 1. The van der Waals surface area contributed by atoms with Crippen LogP contribution in [0.4, 0.5) is 0 Å². The summed E-state index contributed by atoms with van der Waals surface area (Å²) < 4.78 is 12.2. The van der Waals surface area contributed by atoms with Crippen molar-refractivity contribution in [3.63, 3.8) is 0 Å². The van der Waals surface area contributed by atoms with E-state index in [-0.39, 0.29) is 5.56 Å². The first-order valence-corrected chi connectivity index (χ1v) is 7.15. The van der Waals surface area contributed by atoms with E-state index in [0.29, 0.717) is 5.75 Å². The van der Waals surface area contributed by atoms with E-state index in [9.17, 15) is 9.00 Å². The topological polar surface area (TPSA) is 54.4 Å². The predicted molar refractivity (Wildman–Crippen MR) is 74.7 cm³/mol. The van der Waals surface area contributed by atoms with Crippen LogP contribution in [0.5, 0.6) is 0 Å². The minimum atomic E-state index is -1.16. The van der Waals surface area contributed by atoms with Crippen LogP contribution in [0.2, 0.25) is 0 Å². The molecule has 0 aromatic heterocycles. The molecule has 98 valence electrons. The molecular formula is C15H14O3S. The second-order valence-electron chi connectivity index (χ2n) is 4.31. The molecule has 0 heterocycles. The quantitative estimate of drug-likeness (QED) is 0.932. The molecule has 0 amide bonds. The first kappa shape index (κ1) is 13.5. The summed E-state index contributed by atoms with van der Waals surface area (Å²) in [7, 11) is -1.16. The number of aryl methyl sites for hydroxylation is 1. The number of benzene rings is 2. The van der Waals surface area contributed by atoms with Crippen LogP contribution < -0.4 is 0 Å². The van der Waals surface area contributed by atoms with Crippen LogP contribution in [0, 0.1) is 6.92 Å². The number of hydrogen-bond acceptors (Lipinski definition) is 2. The molecule has 0 radical (unpaired) electrons. The highest BCUT2D eigenvalue weighted by Crippen LogP contribution is 2.15. The molecule has 2 aromatic carbocycles. The van der Waals surface area contributed by atoms with Crippen molar-refractivity contribution in [1.82, 2.24) is 0 Å². The molecule has 0 saturated carbocycles. The first-order chi connectivity index (χ1) is 9.06. The second kappa shape index (κ2) is 5.80. The van der Waals surface area contributed by atoms with Gasteiger partial charge in [-0.3, -0.25) is 4.21 Å². The van der Waals surface area contributed by atoms with E-state index in [1.807, 2.05) is 31.2 Å². The van der Waals surface area contributed by atoms with Crippen LogP contribution >= 0.6 is 0 Å². The highest BCUT2D eigenvalue weighted by Gasteiger charge is 2.08. The van der Waals surface area contributed by atoms with Gasteiger partial charge in [-0.25, -0.2) is 4.79 Å². The molecule has 0 bridgehead atoms. The molecule has 0 aliphatic rings. The predicted octanol–water partition coefficient (Wildman–Crippen LogP) is 3.00. The van der Waals surface area contributed by atoms with Gasteiger partial charge in [0.05, 0.1) is 22.1 Å². The monoisotopic (exact) mass is 274 g/mol. The molecule has 19 heavy (non-hydrogen) atoms. The fourth-order valence-corrected chi connectivity index (χ4v) is 2.98. The molecule has 4 heteroatoms. The molecule has 2 rings (SSSR count). The van der Waals surface area contributed by atoms with Gasteiger partial charge in [0.25, 0.3) is 0 Å². The van der Waals surface area contributed by atoms with Crippen LogP contribution in [0.15, 0.2) is 53.4 Å². The van der Waals surface area contributed by atoms with Gasteiger partial charge in [-0.15, -0.1) is 0 Å². The van der Waals surface area contributed by atoms with E-state index in [0.717, 1.165) is 16.0 Å². The van der Waals surface area contributed by atoms with E-state index in [2.05, 4.69) is 0 Å². The van der Waals surface area contributed by atoms with E-state index >= 15 is 0 Å². The highest BCUT2D eigenvalue weighted by atomic mass is 32.2. The van der Waals surface area contributed by atoms with Crippen molar-refractivity contribution in [2.45, 2.75) is 17.6 Å². The van der Waals surface area contributed by atoms with Crippen LogP contribution in [-0.4, -0.2) is 15.3 Å². The Morgan fingerprint density at radius 2 is 1.89 bits per heavy atom. The Morgan fingerprint density at radius 1 is 1.16 bits per heavy atom. The maximum absolute atomic E-state index is 12.2. The summed E-state index contributed by atoms with van der Waals surface area (Å²) in [5.74, 6) is -0.645. The number of rotatable bonds is 4. The lowest BCUT2D eigenvalue weighted by Crippen LogP contribution is -2.00. The Bertz CT molecular complexity index is 635. The van der Waals surface area contributed by atoms with Gasteiger partial charge in [0.1, 0.15) is 0 Å². The molecule has 0 aliphatic carbocycles. The second-order valence-corrected chi connectivity index (χ2v) is 5.76. The summed E-state index contributed by atoms with van der Waals surface area (Å²) in [6.45, 7) is 1.95. The van der Waals surface area contributed by atoms with E-state index in [1.54, 1.807) is 18.2 Å². The van der Waals surface area contributed by atoms with Gasteiger partial charge in [0.2, 0.25) is 0 Å². The van der Waals surface area contributed by atoms with Gasteiger partial charge < -0.3 is 5.11 Å². The fourth-order valence-electron chi connectivity index (χ4n) is 1.79. The van der Waals surface area contributed by atoms with Crippen LogP contribution in [-0.2, 0) is 16.6 Å². The molecule has 0 spiro atoms. The van der Waals surface area contributed by atoms with Crippen LogP contribution in [0.1, 0.15) is 21.5 Å². The number of aromatic carboxylic acids is 1. The van der Waals surface area contributed by atoms with Crippen molar-refractivity contribution in [2.75, 3.05) is 0 Å². The van der Waals surface area contributed by atoms with Crippen molar-refractivity contribution in [1.29, 1.82) is 0 Å². The first-order valence-electron chi connectivity index (χ1n) is 5.83. The van der Waals surface area contributed by atoms with E-state index in [1.165, 1.54) is 6.07 Å². The standard InChI is InChI=1S/C15H14O3S/c1-11-4-2-7-14(8-11)19(18)10-12-5-3-6-13(9-12)15(16)17/h2-9H,10H2,1H3,(H,16,17). The van der Waals surface area contributed by atoms with Crippen LogP contribution in [0.25, 0.3) is 0 Å². The van der Waals surface area contributed by atoms with Gasteiger partial charge in [-0.05, 0) is 42.3 Å². The third kappa shape index (κ3) is 3.51. The summed E-state index contributed by atoms with van der Waals surface area (Å²) in [6, 6.07) is 14.1. The SMILES string of the molecule is Cc1cccc(S(=O)Cc2cccc(C(=O)O)c2)c1. The number of carboxylic acid groups (broad SMARTS) is 1. The molecule has 0 fully saturated rings. The number of carboxylic acids is 1. The fraction of sp³-hybridized carbons (Fsp3) is 0.133. The molecule has 3 nitrogen and oxygen atoms in total. The van der Waals surface area contributed by atoms with E-state index in [4.69, 9.17) is 5.11 Å². The average molecular weight is 274 g/mol. The lowest BCUT2D eigenvalue weighted by molar-refractivity contribution is 0.0697. The van der Waals surface area contributed by atoms with Crippen molar-refractivity contribution < 1.29 is 14.1 Å². The Kier molecular flexibility index (Phi) is 4.12. The minimum Gasteiger partial charge on any atom is -0.478 e. The molecule has 1 unspecified atom stereocenters. The summed E-state index contributed by atoms with van der Waals surface area (Å²) in [5.41, 5.74) is 2.05. The Morgan fingerprint density at radius 3 is 2.58 bits per heavy atom. The van der Waals surface area contributed by atoms with Crippen LogP contribution in [0.3, 0.4) is 0 Å². The molecular weight excluding hydrogens is 260 g/mol. The highest BCUT2D eigenvalue weighted by molar-refractivity contribution is 7.84. The molecule has 2 aromatic rings. The Hall–Kier alpha value is -1.94. The van der Waals surface area contributed by atoms with Gasteiger partial charge in [0, 0.05) is 4.90 Å². The largest absolute Gasteiger partial charge is 0.478 e. The number of carbonyl (C=O) groups is 1. The van der Waals surface area contributed by atoms with Gasteiger partial charge in [-0.1, -0.05) is 24.3 Å². The van der Waals surface area contributed by atoms with Gasteiger partial charge in [0.15, 0.2) is 0 Å². The lowest BCUT2D eigenvalue weighted by Gasteiger charge is -2.04. The van der Waals surface area contributed by atoms with Gasteiger partial charge in [-0.2, -0.15) is 0 Å². The van der Waals surface area contributed by atoms with Gasteiger partial charge >= 0.3 is 5.97 Å². The summed E-state index contributed by atoms with van der Waals surface area (Å²) >= 11 is 0. The maximum atomic E-state index is 12.2. The zero-order chi connectivity index (χ0) is 13.8. The Balaban J connectivity index is 2.19. The summed E-state index contributed by atoms with van der Waals surface area (Å²) in [5, 5.41) is 8.92. The van der Waals surface area contributed by atoms with Crippen molar-refractivity contribution in [3.8, 4) is 0 Å². The summed E-state index contributed by atoms with van der Waals surface area (Å²) in [6.07, 6.45) is 0. The third-order valence-electron chi connectivity index (χ3n) is 2.72. The lowest BCUT2D eigenvalue weighted by atomic mass is 10.1. The molecule has 0 saturated heterocycles. The van der Waals surface area contributed by atoms with Crippen molar-refractivity contribution in [3.05, 3.63) is 65.2 Å². The average Bonchev–Trinajstić information content (AvgIpc) is 2.39. The van der Waals surface area contributed by atoms with E-state index < -0.39 is 16.8 Å². The van der Waals surface area contributed by atoms with Crippen molar-refractivity contribution >= 4 is 16.8 Å². The smallest absolute Gasteiger partial charge is 0.335 e. The van der Waals surface area contributed by atoms with Crippen molar-refractivity contribution in [2.24, 2.45) is 0 Å². The molecule has 1 N–H and O–H groups in total. The third-order valence-corrected chi connectivity index (χ3v) is 4.10. The minimum absolute atomic E-state index is 0.221. The normalized spacial score (nSPS) is 12.1. The zero-order valence-electron chi connectivity index (χ0n) is 10.5. The Labute approximate surface area is 114 Å². The zero-order valence-corrected chi connectivity index (χ0v) is 11.3. The molecule has 0 aliphatic heterocycles. The summed E-state index contributed by atoms with van der Waals surface area (Å²) in [4.78, 5) is 11.6. The molecule has 1 atom stereocenters.